The number of aromatic nitrogens is 1. The Kier molecular flexibility index (Phi) is 5.03. The number of rotatable bonds is 4. The minimum Gasteiger partial charge on any atom is -0.287 e. The summed E-state index contributed by atoms with van der Waals surface area (Å²) < 4.78 is 3.08. The molecule has 0 unspecified atom stereocenters. The molecule has 4 radical (unpaired) electrons. The molecule has 0 atom stereocenters. The van der Waals surface area contributed by atoms with Crippen LogP contribution in [-0.4, -0.2) is 19.7 Å². The molecule has 1 aromatic heterocycles. The summed E-state index contributed by atoms with van der Waals surface area (Å²) in [4.78, 5) is 0. The van der Waals surface area contributed by atoms with Crippen molar-refractivity contribution in [3.8, 4) is 0 Å². The van der Waals surface area contributed by atoms with Gasteiger partial charge in [0.05, 0.1) is 5.52 Å². The van der Waals surface area contributed by atoms with Crippen LogP contribution < -0.4 is 10.9 Å². The summed E-state index contributed by atoms with van der Waals surface area (Å²) in [7, 11) is 12.5. The van der Waals surface area contributed by atoms with Gasteiger partial charge in [-0.05, 0) is 48.6 Å². The third kappa shape index (κ3) is 3.00. The monoisotopic (exact) mass is 391 g/mol. The summed E-state index contributed by atoms with van der Waals surface area (Å²) >= 11 is 5.35. The highest BCUT2D eigenvalue weighted by Crippen LogP contribution is 2.34. The molecule has 0 aliphatic carbocycles. The predicted octanol–water partition coefficient (Wildman–Crippen LogP) is 4.03. The van der Waals surface area contributed by atoms with Gasteiger partial charge in [0.15, 0.2) is 0 Å². The molecule has 0 spiro atoms. The molecule has 1 heterocycles. The average molecular weight is 392 g/mol. The van der Waals surface area contributed by atoms with Gasteiger partial charge in [-0.3, -0.25) is 3.97 Å². The standard InChI is InChI=1S/C19H16B2BrNS/c1-11(2)15-16(20)17(21)18(22)14-9-12(3)23(19(14)15)24-10-13-7-5-4-6-8-13/h4-9H,1,10H2,2-3H3. The smallest absolute Gasteiger partial charge is 0.114 e. The van der Waals surface area contributed by atoms with Crippen molar-refractivity contribution < 1.29 is 0 Å². The molecule has 0 fully saturated rings. The minimum absolute atomic E-state index is 0.575. The van der Waals surface area contributed by atoms with Gasteiger partial charge in [0.2, 0.25) is 0 Å². The number of halogens is 1. The summed E-state index contributed by atoms with van der Waals surface area (Å²) in [6, 6.07) is 12.6. The van der Waals surface area contributed by atoms with Crippen LogP contribution in [-0.2, 0) is 5.75 Å². The lowest BCUT2D eigenvalue weighted by molar-refractivity contribution is 1.20. The van der Waals surface area contributed by atoms with E-state index in [-0.39, 0.29) is 0 Å². The van der Waals surface area contributed by atoms with Gasteiger partial charge in [-0.1, -0.05) is 63.8 Å². The van der Waals surface area contributed by atoms with Crippen LogP contribution in [0.25, 0.3) is 16.5 Å². The summed E-state index contributed by atoms with van der Waals surface area (Å²) in [6.45, 7) is 8.16. The van der Waals surface area contributed by atoms with E-state index in [1.165, 1.54) is 5.56 Å². The molecule has 24 heavy (non-hydrogen) atoms. The maximum Gasteiger partial charge on any atom is 0.114 e. The molecule has 116 valence electrons. The molecular formula is C19H16B2BrNS. The molecule has 2 aromatic carbocycles. The van der Waals surface area contributed by atoms with Gasteiger partial charge in [-0.25, -0.2) is 0 Å². The Labute approximate surface area is 158 Å². The van der Waals surface area contributed by atoms with Crippen LogP contribution in [0.3, 0.4) is 0 Å². The van der Waals surface area contributed by atoms with Crippen molar-refractivity contribution in [3.63, 3.8) is 0 Å². The van der Waals surface area contributed by atoms with Gasteiger partial charge in [-0.15, -0.1) is 0 Å². The Bertz CT molecular complexity index is 932. The maximum atomic E-state index is 6.30. The number of aryl methyl sites for hydroxylation is 1. The number of nitrogens with zero attached hydrogens (tertiary/aromatic N) is 1. The quantitative estimate of drug-likeness (QED) is 0.608. The van der Waals surface area contributed by atoms with E-state index in [0.29, 0.717) is 10.9 Å². The molecular weight excluding hydrogens is 376 g/mol. The van der Waals surface area contributed by atoms with Gasteiger partial charge in [0.25, 0.3) is 0 Å². The normalized spacial score (nSPS) is 11.1. The molecule has 1 nitrogen and oxygen atoms in total. The van der Waals surface area contributed by atoms with Crippen molar-refractivity contribution in [2.75, 3.05) is 0 Å². The van der Waals surface area contributed by atoms with Crippen LogP contribution in [0.4, 0.5) is 0 Å². The first-order valence-corrected chi connectivity index (χ1v) is 9.37. The van der Waals surface area contributed by atoms with Gasteiger partial charge in [0, 0.05) is 21.3 Å². The lowest BCUT2D eigenvalue weighted by atomic mass is 9.75. The van der Waals surface area contributed by atoms with Gasteiger partial charge in [-0.2, -0.15) is 0 Å². The first-order valence-electron chi connectivity index (χ1n) is 7.63. The van der Waals surface area contributed by atoms with Crippen LogP contribution in [0.2, 0.25) is 0 Å². The van der Waals surface area contributed by atoms with Gasteiger partial charge >= 0.3 is 0 Å². The summed E-state index contributed by atoms with van der Waals surface area (Å²) in [5.74, 6) is 0.878. The number of hydrogen-bond donors (Lipinski definition) is 0. The molecule has 0 saturated heterocycles. The number of benzene rings is 2. The zero-order valence-corrected chi connectivity index (χ0v) is 16.2. The topological polar surface area (TPSA) is 4.93 Å². The number of fused-ring (bicyclic) bond motifs is 1. The molecule has 5 heteroatoms. The molecule has 0 bridgehead atoms. The van der Waals surface area contributed by atoms with Crippen molar-refractivity contribution in [1.29, 1.82) is 0 Å². The van der Waals surface area contributed by atoms with Crippen molar-refractivity contribution in [3.05, 3.63) is 64.3 Å². The van der Waals surface area contributed by atoms with Gasteiger partial charge < -0.3 is 0 Å². The molecule has 3 aromatic rings. The van der Waals surface area contributed by atoms with Crippen LogP contribution in [0.15, 0.2) is 47.4 Å². The molecule has 0 amide bonds. The molecule has 0 N–H and O–H groups in total. The molecule has 0 aliphatic rings. The Balaban J connectivity index is 2.17. The fourth-order valence-electron chi connectivity index (χ4n) is 2.86. The largest absolute Gasteiger partial charge is 0.287 e. The second-order valence-corrected chi connectivity index (χ2v) is 7.60. The van der Waals surface area contributed by atoms with E-state index in [1.54, 1.807) is 11.9 Å². The van der Waals surface area contributed by atoms with Crippen LogP contribution in [0.1, 0.15) is 23.7 Å². The Morgan fingerprint density at radius 3 is 2.50 bits per heavy atom. The lowest BCUT2D eigenvalue weighted by Gasteiger charge is -2.17. The summed E-state index contributed by atoms with van der Waals surface area (Å²) in [5, 5.41) is 1.07. The van der Waals surface area contributed by atoms with Crippen LogP contribution in [0.5, 0.6) is 0 Å². The van der Waals surface area contributed by atoms with Gasteiger partial charge in [0.1, 0.15) is 15.7 Å². The van der Waals surface area contributed by atoms with E-state index in [1.807, 2.05) is 13.0 Å². The third-order valence-electron chi connectivity index (χ3n) is 4.03. The molecule has 3 rings (SSSR count). The fraction of sp³-hybridized carbons (Fsp3) is 0.158. The first kappa shape index (κ1) is 17.5. The Morgan fingerprint density at radius 2 is 1.88 bits per heavy atom. The molecule has 0 saturated carbocycles. The maximum absolute atomic E-state index is 6.30. The number of hydrogen-bond acceptors (Lipinski definition) is 1. The minimum atomic E-state index is 0.575. The lowest BCUT2D eigenvalue weighted by Crippen LogP contribution is -2.30. The molecule has 0 aliphatic heterocycles. The SMILES string of the molecule is [B]c1c([B])c(C(=C)C)c2c(cc(C)n2SCc2ccccc2)c1Br. The van der Waals surface area contributed by atoms with Crippen molar-refractivity contribution in [2.45, 2.75) is 19.6 Å². The zero-order valence-electron chi connectivity index (χ0n) is 13.8. The third-order valence-corrected chi connectivity index (χ3v) is 6.08. The van der Waals surface area contributed by atoms with Crippen LogP contribution in [0, 0.1) is 6.92 Å². The highest BCUT2D eigenvalue weighted by molar-refractivity contribution is 9.10. The Morgan fingerprint density at radius 1 is 1.21 bits per heavy atom. The van der Waals surface area contributed by atoms with E-state index in [4.69, 9.17) is 15.7 Å². The predicted molar refractivity (Wildman–Crippen MR) is 113 cm³/mol. The van der Waals surface area contributed by atoms with Crippen molar-refractivity contribution >= 4 is 71.0 Å². The van der Waals surface area contributed by atoms with E-state index in [2.05, 4.69) is 63.7 Å². The highest BCUT2D eigenvalue weighted by atomic mass is 79.9. The average Bonchev–Trinajstić information content (AvgIpc) is 2.88. The highest BCUT2D eigenvalue weighted by Gasteiger charge is 2.18. The Hall–Kier alpha value is -1.32. The van der Waals surface area contributed by atoms with E-state index in [0.717, 1.165) is 38.0 Å². The number of allylic oxidation sites excluding steroid dienone is 1. The van der Waals surface area contributed by atoms with Crippen LogP contribution >= 0.6 is 27.9 Å². The fourth-order valence-corrected chi connectivity index (χ4v) is 4.42. The zero-order chi connectivity index (χ0) is 17.4. The van der Waals surface area contributed by atoms with E-state index < -0.39 is 0 Å². The summed E-state index contributed by atoms with van der Waals surface area (Å²) in [6.07, 6.45) is 0. The summed E-state index contributed by atoms with van der Waals surface area (Å²) in [5.41, 5.74) is 6.50. The second-order valence-electron chi connectivity index (χ2n) is 5.90. The first-order chi connectivity index (χ1) is 11.4. The van der Waals surface area contributed by atoms with E-state index in [9.17, 15) is 0 Å². The van der Waals surface area contributed by atoms with Crippen molar-refractivity contribution in [1.82, 2.24) is 3.97 Å². The van der Waals surface area contributed by atoms with E-state index >= 15 is 0 Å². The van der Waals surface area contributed by atoms with Crippen molar-refractivity contribution in [2.24, 2.45) is 0 Å². The second kappa shape index (κ2) is 6.89.